The molecule has 0 aliphatic heterocycles. The predicted molar refractivity (Wildman–Crippen MR) is 58.9 cm³/mol. The number of hydrogen-bond acceptors (Lipinski definition) is 2. The molecule has 0 unspecified atom stereocenters. The van der Waals surface area contributed by atoms with Crippen LogP contribution in [-0.2, 0) is 0 Å². The van der Waals surface area contributed by atoms with Crippen molar-refractivity contribution in [3.05, 3.63) is 34.0 Å². The first-order chi connectivity index (χ1) is 6.20. The third-order valence-electron chi connectivity index (χ3n) is 1.87. The standard InChI is InChI=1S/C9H6BrClN2/c10-9-8(12)5-2-1-3-7(11)6(5)4-13-9/h1-4H,12H2. The maximum atomic E-state index is 5.97. The number of rotatable bonds is 0. The lowest BCUT2D eigenvalue weighted by atomic mass is 10.1. The second-order valence-corrected chi connectivity index (χ2v) is 3.82. The van der Waals surface area contributed by atoms with Gasteiger partial charge in [-0.25, -0.2) is 4.98 Å². The molecule has 1 aromatic heterocycles. The van der Waals surface area contributed by atoms with E-state index < -0.39 is 0 Å². The van der Waals surface area contributed by atoms with E-state index in [2.05, 4.69) is 20.9 Å². The molecule has 0 bridgehead atoms. The first kappa shape index (κ1) is 8.78. The number of benzene rings is 1. The summed E-state index contributed by atoms with van der Waals surface area (Å²) in [6.07, 6.45) is 1.71. The molecule has 0 saturated carbocycles. The second kappa shape index (κ2) is 3.16. The summed E-state index contributed by atoms with van der Waals surface area (Å²) in [6.45, 7) is 0. The van der Waals surface area contributed by atoms with Gasteiger partial charge in [0.2, 0.25) is 0 Å². The van der Waals surface area contributed by atoms with E-state index in [9.17, 15) is 0 Å². The number of hydrogen-bond donors (Lipinski definition) is 1. The first-order valence-electron chi connectivity index (χ1n) is 3.68. The summed E-state index contributed by atoms with van der Waals surface area (Å²) in [5, 5.41) is 2.48. The fourth-order valence-corrected chi connectivity index (χ4v) is 1.74. The lowest BCUT2D eigenvalue weighted by molar-refractivity contribution is 1.31. The Morgan fingerprint density at radius 3 is 2.85 bits per heavy atom. The topological polar surface area (TPSA) is 38.9 Å². The van der Waals surface area contributed by atoms with Crippen molar-refractivity contribution in [3.8, 4) is 0 Å². The molecule has 0 radical (unpaired) electrons. The zero-order valence-corrected chi connectivity index (χ0v) is 8.93. The van der Waals surface area contributed by atoms with Crippen molar-refractivity contribution in [1.82, 2.24) is 4.98 Å². The summed E-state index contributed by atoms with van der Waals surface area (Å²) in [6, 6.07) is 5.61. The van der Waals surface area contributed by atoms with Gasteiger partial charge in [-0.1, -0.05) is 23.7 Å². The van der Waals surface area contributed by atoms with Crippen molar-refractivity contribution in [2.45, 2.75) is 0 Å². The Morgan fingerprint density at radius 1 is 1.31 bits per heavy atom. The van der Waals surface area contributed by atoms with Crippen LogP contribution in [0.3, 0.4) is 0 Å². The molecule has 66 valence electrons. The molecule has 13 heavy (non-hydrogen) atoms. The molecule has 0 atom stereocenters. The van der Waals surface area contributed by atoms with Gasteiger partial charge in [-0.15, -0.1) is 0 Å². The Hall–Kier alpha value is -0.800. The second-order valence-electron chi connectivity index (χ2n) is 2.66. The Balaban J connectivity index is 2.94. The van der Waals surface area contributed by atoms with Crippen molar-refractivity contribution < 1.29 is 0 Å². The van der Waals surface area contributed by atoms with Gasteiger partial charge in [-0.3, -0.25) is 0 Å². The Kier molecular flexibility index (Phi) is 2.14. The van der Waals surface area contributed by atoms with Crippen molar-refractivity contribution in [3.63, 3.8) is 0 Å². The first-order valence-corrected chi connectivity index (χ1v) is 4.85. The van der Waals surface area contributed by atoms with Crippen LogP contribution < -0.4 is 5.73 Å². The molecule has 2 nitrogen and oxygen atoms in total. The van der Waals surface area contributed by atoms with Crippen molar-refractivity contribution >= 4 is 44.0 Å². The molecule has 0 spiro atoms. The Morgan fingerprint density at radius 2 is 2.08 bits per heavy atom. The van der Waals surface area contributed by atoms with Crippen LogP contribution in [0.25, 0.3) is 10.8 Å². The van der Waals surface area contributed by atoms with Gasteiger partial charge >= 0.3 is 0 Å². The van der Waals surface area contributed by atoms with Crippen LogP contribution >= 0.6 is 27.5 Å². The lowest BCUT2D eigenvalue weighted by Crippen LogP contribution is -1.91. The van der Waals surface area contributed by atoms with E-state index in [4.69, 9.17) is 17.3 Å². The molecular weight excluding hydrogens is 251 g/mol. The molecule has 2 aromatic rings. The van der Waals surface area contributed by atoms with Gasteiger partial charge < -0.3 is 5.73 Å². The van der Waals surface area contributed by atoms with Crippen molar-refractivity contribution in [2.75, 3.05) is 5.73 Å². The number of halogens is 2. The summed E-state index contributed by atoms with van der Waals surface area (Å²) in [5.74, 6) is 0. The van der Waals surface area contributed by atoms with Crippen molar-refractivity contribution in [1.29, 1.82) is 0 Å². The highest BCUT2D eigenvalue weighted by atomic mass is 79.9. The molecule has 1 heterocycles. The quantitative estimate of drug-likeness (QED) is 0.736. The maximum absolute atomic E-state index is 5.97. The number of nitrogens with two attached hydrogens (primary N) is 1. The van der Waals surface area contributed by atoms with Crippen LogP contribution in [-0.4, -0.2) is 4.98 Å². The number of nitrogen functional groups attached to an aromatic ring is 1. The third kappa shape index (κ3) is 1.38. The molecular formula is C9H6BrClN2. The molecule has 0 aliphatic rings. The highest BCUT2D eigenvalue weighted by Crippen LogP contribution is 2.30. The van der Waals surface area contributed by atoms with Gasteiger partial charge in [-0.2, -0.15) is 0 Å². The fraction of sp³-hybridized carbons (Fsp3) is 0. The van der Waals surface area contributed by atoms with E-state index >= 15 is 0 Å². The fourth-order valence-electron chi connectivity index (χ4n) is 1.20. The maximum Gasteiger partial charge on any atom is 0.129 e. The summed E-state index contributed by atoms with van der Waals surface area (Å²) in [7, 11) is 0. The van der Waals surface area contributed by atoms with Crippen LogP contribution in [0.1, 0.15) is 0 Å². The number of fused-ring (bicyclic) bond motifs is 1. The van der Waals surface area contributed by atoms with Gasteiger partial charge in [0.05, 0.1) is 10.7 Å². The average Bonchev–Trinajstić information content (AvgIpc) is 2.12. The smallest absolute Gasteiger partial charge is 0.129 e. The largest absolute Gasteiger partial charge is 0.396 e. The van der Waals surface area contributed by atoms with Crippen LogP contribution in [0.2, 0.25) is 5.02 Å². The molecule has 1 aromatic carbocycles. The zero-order chi connectivity index (χ0) is 9.42. The minimum Gasteiger partial charge on any atom is -0.396 e. The number of pyridine rings is 1. The minimum atomic E-state index is 0.625. The molecule has 2 rings (SSSR count). The highest BCUT2D eigenvalue weighted by Gasteiger charge is 2.04. The van der Waals surface area contributed by atoms with E-state index in [1.54, 1.807) is 6.20 Å². The van der Waals surface area contributed by atoms with Gasteiger partial charge in [0.15, 0.2) is 0 Å². The SMILES string of the molecule is Nc1c(Br)ncc2c(Cl)cccc12. The molecule has 0 fully saturated rings. The molecule has 4 heteroatoms. The zero-order valence-electron chi connectivity index (χ0n) is 6.59. The molecule has 0 aliphatic carbocycles. The van der Waals surface area contributed by atoms with Crippen LogP contribution in [0.15, 0.2) is 29.0 Å². The average molecular weight is 258 g/mol. The van der Waals surface area contributed by atoms with Gasteiger partial charge in [0.25, 0.3) is 0 Å². The summed E-state index contributed by atoms with van der Waals surface area (Å²) < 4.78 is 0.655. The van der Waals surface area contributed by atoms with Gasteiger partial charge in [0.1, 0.15) is 4.60 Å². The van der Waals surface area contributed by atoms with E-state index in [0.29, 0.717) is 15.3 Å². The van der Waals surface area contributed by atoms with Crippen LogP contribution in [0, 0.1) is 0 Å². The van der Waals surface area contributed by atoms with Crippen LogP contribution in [0.5, 0.6) is 0 Å². The normalized spacial score (nSPS) is 10.6. The van der Waals surface area contributed by atoms with Crippen LogP contribution in [0.4, 0.5) is 5.69 Å². The minimum absolute atomic E-state index is 0.625. The van der Waals surface area contributed by atoms with Gasteiger partial charge in [0, 0.05) is 17.0 Å². The van der Waals surface area contributed by atoms with E-state index in [0.717, 1.165) is 10.8 Å². The Bertz CT molecular complexity index is 470. The molecule has 2 N–H and O–H groups in total. The summed E-state index contributed by atoms with van der Waals surface area (Å²) in [5.41, 5.74) is 6.44. The van der Waals surface area contributed by atoms with E-state index in [-0.39, 0.29) is 0 Å². The van der Waals surface area contributed by atoms with Gasteiger partial charge in [-0.05, 0) is 22.0 Å². The molecule has 0 amide bonds. The monoisotopic (exact) mass is 256 g/mol. The summed E-state index contributed by atoms with van der Waals surface area (Å²) >= 11 is 9.23. The molecule has 0 saturated heterocycles. The third-order valence-corrected chi connectivity index (χ3v) is 2.83. The Labute approximate surface area is 88.8 Å². The number of anilines is 1. The van der Waals surface area contributed by atoms with E-state index in [1.807, 2.05) is 18.2 Å². The van der Waals surface area contributed by atoms with Crippen molar-refractivity contribution in [2.24, 2.45) is 0 Å². The lowest BCUT2D eigenvalue weighted by Gasteiger charge is -2.04. The highest BCUT2D eigenvalue weighted by molar-refractivity contribution is 9.10. The summed E-state index contributed by atoms with van der Waals surface area (Å²) in [4.78, 5) is 4.07. The predicted octanol–water partition coefficient (Wildman–Crippen LogP) is 3.23. The number of aromatic nitrogens is 1. The van der Waals surface area contributed by atoms with E-state index in [1.165, 1.54) is 0 Å². The number of nitrogens with zero attached hydrogens (tertiary/aromatic N) is 1.